The Morgan fingerprint density at radius 3 is 2.43 bits per heavy atom. The zero-order valence-corrected chi connectivity index (χ0v) is 34.1. The van der Waals surface area contributed by atoms with E-state index < -0.39 is 40.1 Å². The number of esters is 1. The summed E-state index contributed by atoms with van der Waals surface area (Å²) >= 11 is 7.91. The van der Waals surface area contributed by atoms with Crippen molar-refractivity contribution in [3.05, 3.63) is 88.4 Å². The number of aryl methyl sites for hydroxylation is 2. The Labute approximate surface area is 339 Å². The van der Waals surface area contributed by atoms with Crippen LogP contribution in [0.1, 0.15) is 75.0 Å². The first-order valence-corrected chi connectivity index (χ1v) is 22.0. The van der Waals surface area contributed by atoms with Gasteiger partial charge >= 0.3 is 11.9 Å². The first-order valence-electron chi connectivity index (χ1n) is 19.3. The van der Waals surface area contributed by atoms with Crippen LogP contribution in [0.15, 0.2) is 76.5 Å². The van der Waals surface area contributed by atoms with Gasteiger partial charge in [-0.1, -0.05) is 72.6 Å². The minimum absolute atomic E-state index is 0.00228. The molecule has 0 radical (unpaired) electrons. The highest BCUT2D eigenvalue weighted by atomic mass is 35.5. The average Bonchev–Trinajstić information content (AvgIpc) is 3.70. The quantitative estimate of drug-likeness (QED) is 0.0467. The molecule has 4 atom stereocenters. The normalized spacial score (nSPS) is 17.8. The lowest BCUT2D eigenvalue weighted by Crippen LogP contribution is -2.54. The highest BCUT2D eigenvalue weighted by Crippen LogP contribution is 2.37. The molecule has 16 heteroatoms. The molecule has 3 aromatic rings. The van der Waals surface area contributed by atoms with E-state index in [1.54, 1.807) is 19.1 Å². The van der Waals surface area contributed by atoms with Crippen LogP contribution in [0.5, 0.6) is 0 Å². The van der Waals surface area contributed by atoms with E-state index in [0.717, 1.165) is 34.6 Å². The van der Waals surface area contributed by atoms with Gasteiger partial charge in [0, 0.05) is 18.0 Å². The molecule has 0 aromatic heterocycles. The number of carbonyl (C=O) groups excluding carboxylic acids is 2. The number of anilines is 1. The number of likely N-dealkylation sites (tertiary alicyclic amines) is 1. The van der Waals surface area contributed by atoms with Crippen LogP contribution in [0.2, 0.25) is 5.02 Å². The van der Waals surface area contributed by atoms with Crippen LogP contribution in [-0.2, 0) is 48.5 Å². The molecule has 0 spiro atoms. The standard InChI is InChI=1S/C40H53ClN6O7S2/c1-2-54-40(51)32(44-31(13-6-7-22-42)38(48)47-23-9-15-34(47)39(49)50)14-8-12-28-16-18-29(19-17-28)26-43-56(52,53)36-25-35-33(24-30(36)41)45-37(46-55-35)21-20-27-10-4-3-5-11-27/h3-5,10-11,16-19,24-25,31-32,34,37,43-46H,2,6-9,12-15,20-23,26,42H2,1H3,(H,49,50)/t31-,32-,34-,37?/m0/s1. The second-order valence-corrected chi connectivity index (χ2v) is 17.1. The summed E-state index contributed by atoms with van der Waals surface area (Å²) in [6.07, 6.45) is 6.11. The molecule has 7 N–H and O–H groups in total. The van der Waals surface area contributed by atoms with Crippen molar-refractivity contribution in [2.45, 2.75) is 112 Å². The number of nitrogens with zero attached hydrogens (tertiary/aromatic N) is 1. The Morgan fingerprint density at radius 2 is 1.71 bits per heavy atom. The van der Waals surface area contributed by atoms with E-state index in [2.05, 4.69) is 32.2 Å². The van der Waals surface area contributed by atoms with Crippen LogP contribution in [0.4, 0.5) is 5.69 Å². The highest BCUT2D eigenvalue weighted by molar-refractivity contribution is 7.97. The molecule has 304 valence electrons. The van der Waals surface area contributed by atoms with E-state index in [1.165, 1.54) is 22.4 Å². The molecule has 0 bridgehead atoms. The summed E-state index contributed by atoms with van der Waals surface area (Å²) < 4.78 is 38.1. The summed E-state index contributed by atoms with van der Waals surface area (Å²) in [4.78, 5) is 40.6. The van der Waals surface area contributed by atoms with E-state index in [-0.39, 0.29) is 35.1 Å². The van der Waals surface area contributed by atoms with Crippen LogP contribution >= 0.6 is 23.5 Å². The third-order valence-electron chi connectivity index (χ3n) is 10.0. The van der Waals surface area contributed by atoms with Gasteiger partial charge in [-0.05, 0) is 112 Å². The van der Waals surface area contributed by atoms with Crippen LogP contribution < -0.4 is 25.8 Å². The fourth-order valence-corrected chi connectivity index (χ4v) is 9.47. The first-order chi connectivity index (χ1) is 27.0. The van der Waals surface area contributed by atoms with Gasteiger partial charge in [0.15, 0.2) is 0 Å². The number of nitrogens with one attached hydrogen (secondary N) is 4. The number of carboxylic acid groups (broad SMARTS) is 1. The number of nitrogens with two attached hydrogens (primary N) is 1. The molecule has 3 aromatic carbocycles. The first kappa shape index (κ1) is 43.4. The van der Waals surface area contributed by atoms with E-state index in [9.17, 15) is 27.9 Å². The SMILES string of the molecule is CCOC(=O)[C@H](CCCc1ccc(CNS(=O)(=O)c2cc3c(cc2Cl)NC(CCc2ccccc2)NS3)cc1)N[C@@H](CCCCN)C(=O)N1CCC[C@H]1C(=O)O. The van der Waals surface area contributed by atoms with E-state index in [0.29, 0.717) is 64.5 Å². The lowest BCUT2D eigenvalue weighted by atomic mass is 10.0. The molecular weight excluding hydrogens is 776 g/mol. The average molecular weight is 829 g/mol. The number of halogens is 1. The minimum Gasteiger partial charge on any atom is -0.480 e. The number of unbranched alkanes of at least 4 members (excludes halogenated alkanes) is 1. The molecule has 56 heavy (non-hydrogen) atoms. The number of aliphatic carboxylic acids is 1. The van der Waals surface area contributed by atoms with Crippen molar-refractivity contribution in [3.63, 3.8) is 0 Å². The van der Waals surface area contributed by atoms with Crippen LogP contribution in [-0.4, -0.2) is 80.3 Å². The maximum absolute atomic E-state index is 13.6. The Hall–Kier alpha value is -3.70. The fourth-order valence-electron chi connectivity index (χ4n) is 6.98. The van der Waals surface area contributed by atoms with Crippen molar-refractivity contribution in [2.24, 2.45) is 5.73 Å². The van der Waals surface area contributed by atoms with Crippen LogP contribution in [0.25, 0.3) is 0 Å². The van der Waals surface area contributed by atoms with E-state index in [1.807, 2.05) is 42.5 Å². The van der Waals surface area contributed by atoms with E-state index >= 15 is 0 Å². The molecule has 1 fully saturated rings. The molecular formula is C40H53ClN6O7S2. The van der Waals surface area contributed by atoms with Gasteiger partial charge < -0.3 is 25.8 Å². The number of carboxylic acids is 1. The number of sulfonamides is 1. The number of hydrogen-bond donors (Lipinski definition) is 6. The monoisotopic (exact) mass is 828 g/mol. The summed E-state index contributed by atoms with van der Waals surface area (Å²) in [6.45, 7) is 2.79. The zero-order chi connectivity index (χ0) is 40.1. The maximum atomic E-state index is 13.6. The van der Waals surface area contributed by atoms with Crippen LogP contribution in [0, 0.1) is 0 Å². The molecule has 13 nitrogen and oxygen atoms in total. The number of hydrogen-bond acceptors (Lipinski definition) is 11. The third kappa shape index (κ3) is 12.2. The fraction of sp³-hybridized carbons (Fsp3) is 0.475. The van der Waals surface area contributed by atoms with Gasteiger partial charge in [-0.25, -0.2) is 22.7 Å². The molecule has 1 amide bonds. The predicted octanol–water partition coefficient (Wildman–Crippen LogP) is 5.22. The summed E-state index contributed by atoms with van der Waals surface area (Å²) in [5, 5.41) is 16.4. The lowest BCUT2D eigenvalue weighted by Gasteiger charge is -2.30. The molecule has 1 saturated heterocycles. The second kappa shape index (κ2) is 21.2. The smallest absolute Gasteiger partial charge is 0.326 e. The van der Waals surface area contributed by atoms with Crippen molar-refractivity contribution >= 4 is 57.1 Å². The number of benzene rings is 3. The number of carbonyl (C=O) groups is 3. The number of amides is 1. The molecule has 0 saturated carbocycles. The Kier molecular flexibility index (Phi) is 16.4. The van der Waals surface area contributed by atoms with Gasteiger partial charge in [-0.2, -0.15) is 0 Å². The number of fused-ring (bicyclic) bond motifs is 1. The van der Waals surface area contributed by atoms with Gasteiger partial charge in [0.05, 0.1) is 29.5 Å². The van der Waals surface area contributed by atoms with Crippen molar-refractivity contribution in [1.29, 1.82) is 0 Å². The van der Waals surface area contributed by atoms with Gasteiger partial charge in [0.2, 0.25) is 15.9 Å². The Balaban J connectivity index is 1.14. The molecule has 1 unspecified atom stereocenters. The summed E-state index contributed by atoms with van der Waals surface area (Å²) in [6, 6.07) is 18.6. The molecule has 0 aliphatic carbocycles. The van der Waals surface area contributed by atoms with Crippen molar-refractivity contribution < 1.29 is 32.6 Å². The second-order valence-electron chi connectivity index (χ2n) is 14.1. The number of rotatable bonds is 21. The highest BCUT2D eigenvalue weighted by Gasteiger charge is 2.38. The van der Waals surface area contributed by atoms with Gasteiger partial charge in [0.1, 0.15) is 17.0 Å². The van der Waals surface area contributed by atoms with Gasteiger partial charge in [0.25, 0.3) is 0 Å². The van der Waals surface area contributed by atoms with Gasteiger partial charge in [-0.3, -0.25) is 14.9 Å². The topological polar surface area (TPSA) is 192 Å². The van der Waals surface area contributed by atoms with E-state index in [4.69, 9.17) is 22.1 Å². The maximum Gasteiger partial charge on any atom is 0.326 e. The summed E-state index contributed by atoms with van der Waals surface area (Å²) in [7, 11) is -3.93. The Morgan fingerprint density at radius 1 is 1.00 bits per heavy atom. The molecule has 5 rings (SSSR count). The van der Waals surface area contributed by atoms with Gasteiger partial charge in [-0.15, -0.1) is 0 Å². The largest absolute Gasteiger partial charge is 0.480 e. The van der Waals surface area contributed by atoms with Crippen molar-refractivity contribution in [3.8, 4) is 0 Å². The zero-order valence-electron chi connectivity index (χ0n) is 31.7. The van der Waals surface area contributed by atoms with Crippen molar-refractivity contribution in [2.75, 3.05) is 25.0 Å². The Bertz CT molecular complexity index is 1890. The summed E-state index contributed by atoms with van der Waals surface area (Å²) in [5.41, 5.74) is 9.47. The van der Waals surface area contributed by atoms with Crippen molar-refractivity contribution in [1.82, 2.24) is 19.7 Å². The molecule has 2 aliphatic rings. The summed E-state index contributed by atoms with van der Waals surface area (Å²) in [5.74, 6) is -1.81. The predicted molar refractivity (Wildman–Crippen MR) is 219 cm³/mol. The minimum atomic E-state index is -3.93. The van der Waals surface area contributed by atoms with Crippen LogP contribution in [0.3, 0.4) is 0 Å². The number of ether oxygens (including phenoxy) is 1. The third-order valence-corrected chi connectivity index (χ3v) is 12.8. The lowest BCUT2D eigenvalue weighted by molar-refractivity contribution is -0.150. The molecule has 2 heterocycles. The molecule has 2 aliphatic heterocycles.